The van der Waals surface area contributed by atoms with Crippen LogP contribution in [0.25, 0.3) is 16.8 Å². The Balaban J connectivity index is 1.36. The van der Waals surface area contributed by atoms with Gasteiger partial charge in [-0.3, -0.25) is 4.98 Å². The molecule has 1 aliphatic heterocycles. The highest BCUT2D eigenvalue weighted by atomic mass is 19.1. The Kier molecular flexibility index (Phi) is 7.41. The maximum atomic E-state index is 14.7. The van der Waals surface area contributed by atoms with Gasteiger partial charge >= 0.3 is 6.09 Å². The molecule has 1 amide bonds. The fourth-order valence-corrected chi connectivity index (χ4v) is 4.85. The number of pyridine rings is 2. The minimum atomic E-state index is -1.58. The van der Waals surface area contributed by atoms with Gasteiger partial charge in [-0.2, -0.15) is 5.10 Å². The number of rotatable bonds is 6. The predicted octanol–water partition coefficient (Wildman–Crippen LogP) is 4.43. The SMILES string of the molecule is Cc1c(-c2cc(OCC(C)(O)c3ccc(F)cn3)c3c(F)cnn3c2)nnn1C1CCN(C(=O)OC(C)(C)C)CC1. The zero-order valence-electron chi connectivity index (χ0n) is 23.6. The van der Waals surface area contributed by atoms with Crippen LogP contribution in [0.2, 0.25) is 0 Å². The van der Waals surface area contributed by atoms with Crippen molar-refractivity contribution < 1.29 is 28.2 Å². The molecule has 13 heteroatoms. The van der Waals surface area contributed by atoms with Crippen molar-refractivity contribution in [3.8, 4) is 17.0 Å². The largest absolute Gasteiger partial charge is 0.488 e. The second kappa shape index (κ2) is 10.7. The molecule has 1 unspecified atom stereocenters. The van der Waals surface area contributed by atoms with Crippen LogP contribution in [0.3, 0.4) is 0 Å². The molecule has 11 nitrogen and oxygen atoms in total. The standard InChI is InChI=1S/C28H33F2N7O4/c1-17-24(33-34-37(17)20-8-10-35(11-9-20)26(38)41-27(2,3)4)18-12-22(25-21(30)14-32-36(25)15-18)40-16-28(5,39)23-7-6-19(29)13-31-23/h6-7,12-15,20,39H,8-11,16H2,1-5H3. The highest BCUT2D eigenvalue weighted by Gasteiger charge is 2.30. The van der Waals surface area contributed by atoms with Crippen LogP contribution < -0.4 is 4.74 Å². The van der Waals surface area contributed by atoms with Gasteiger partial charge in [-0.05, 0) is 65.7 Å². The van der Waals surface area contributed by atoms with Gasteiger partial charge in [-0.25, -0.2) is 22.8 Å². The molecular formula is C28H33F2N7O4. The first-order valence-corrected chi connectivity index (χ1v) is 13.4. The number of aromatic nitrogens is 6. The Morgan fingerprint density at radius 3 is 2.54 bits per heavy atom. The summed E-state index contributed by atoms with van der Waals surface area (Å²) in [5, 5.41) is 23.8. The fourth-order valence-electron chi connectivity index (χ4n) is 4.85. The molecule has 1 atom stereocenters. The van der Waals surface area contributed by atoms with Crippen molar-refractivity contribution in [3.05, 3.63) is 59.8 Å². The van der Waals surface area contributed by atoms with Gasteiger partial charge in [-0.1, -0.05) is 5.21 Å². The van der Waals surface area contributed by atoms with Gasteiger partial charge in [0.15, 0.2) is 5.82 Å². The quantitative estimate of drug-likeness (QED) is 0.362. The van der Waals surface area contributed by atoms with Crippen molar-refractivity contribution in [1.29, 1.82) is 0 Å². The molecule has 0 spiro atoms. The molecule has 0 saturated carbocycles. The molecule has 1 fully saturated rings. The van der Waals surface area contributed by atoms with E-state index >= 15 is 0 Å². The molecular weight excluding hydrogens is 536 g/mol. The van der Waals surface area contributed by atoms with Gasteiger partial charge < -0.3 is 19.5 Å². The van der Waals surface area contributed by atoms with Gasteiger partial charge in [0.1, 0.15) is 40.6 Å². The molecule has 0 radical (unpaired) electrons. The Bertz CT molecular complexity index is 1550. The van der Waals surface area contributed by atoms with Crippen LogP contribution in [0.15, 0.2) is 36.8 Å². The number of amides is 1. The molecule has 1 aliphatic rings. The van der Waals surface area contributed by atoms with Crippen LogP contribution in [0.4, 0.5) is 13.6 Å². The van der Waals surface area contributed by atoms with E-state index in [2.05, 4.69) is 20.4 Å². The summed E-state index contributed by atoms with van der Waals surface area (Å²) in [6, 6.07) is 4.22. The highest BCUT2D eigenvalue weighted by molar-refractivity contribution is 5.70. The number of nitrogens with zero attached hydrogens (tertiary/aromatic N) is 7. The summed E-state index contributed by atoms with van der Waals surface area (Å²) in [5.41, 5.74) is 0.109. The number of hydrogen-bond acceptors (Lipinski definition) is 8. The second-order valence-electron chi connectivity index (χ2n) is 11.5. The molecule has 4 aromatic rings. The number of carbonyl (C=O) groups is 1. The Hall–Kier alpha value is -4.13. The third-order valence-electron chi connectivity index (χ3n) is 6.98. The Morgan fingerprint density at radius 1 is 1.15 bits per heavy atom. The number of carbonyl (C=O) groups excluding carboxylic acids is 1. The number of hydrogen-bond donors (Lipinski definition) is 1. The summed E-state index contributed by atoms with van der Waals surface area (Å²) >= 11 is 0. The highest BCUT2D eigenvalue weighted by Crippen LogP contribution is 2.33. The van der Waals surface area contributed by atoms with Crippen molar-refractivity contribution in [3.63, 3.8) is 0 Å². The van der Waals surface area contributed by atoms with Crippen molar-refractivity contribution >= 4 is 11.6 Å². The topological polar surface area (TPSA) is 120 Å². The summed E-state index contributed by atoms with van der Waals surface area (Å²) in [6.45, 7) is 9.69. The van der Waals surface area contributed by atoms with E-state index in [0.717, 1.165) is 18.1 Å². The van der Waals surface area contributed by atoms with Gasteiger partial charge in [0.2, 0.25) is 0 Å². The maximum Gasteiger partial charge on any atom is 0.410 e. The van der Waals surface area contributed by atoms with Gasteiger partial charge in [-0.15, -0.1) is 5.10 Å². The van der Waals surface area contributed by atoms with Crippen LogP contribution in [0.1, 0.15) is 58.0 Å². The molecule has 41 heavy (non-hydrogen) atoms. The molecule has 5 heterocycles. The van der Waals surface area contributed by atoms with Crippen molar-refractivity contribution in [2.75, 3.05) is 19.7 Å². The van der Waals surface area contributed by atoms with E-state index in [-0.39, 0.29) is 35.7 Å². The first-order valence-electron chi connectivity index (χ1n) is 13.4. The summed E-state index contributed by atoms with van der Waals surface area (Å²) in [6.07, 6.45) is 4.77. The number of fused-ring (bicyclic) bond motifs is 1. The average Bonchev–Trinajstić information content (AvgIpc) is 3.49. The number of piperidine rings is 1. The van der Waals surface area contributed by atoms with Crippen molar-refractivity contribution in [1.82, 2.24) is 34.5 Å². The van der Waals surface area contributed by atoms with Crippen molar-refractivity contribution in [2.45, 2.75) is 64.7 Å². The normalized spacial score (nSPS) is 16.1. The molecule has 4 aromatic heterocycles. The molecule has 0 aliphatic carbocycles. The first kappa shape index (κ1) is 28.4. The van der Waals surface area contributed by atoms with Crippen LogP contribution >= 0.6 is 0 Å². The van der Waals surface area contributed by atoms with Crippen LogP contribution in [-0.4, -0.2) is 71.0 Å². The monoisotopic (exact) mass is 569 g/mol. The first-order chi connectivity index (χ1) is 19.3. The fraction of sp³-hybridized carbons (Fsp3) is 0.464. The second-order valence-corrected chi connectivity index (χ2v) is 11.5. The predicted molar refractivity (Wildman–Crippen MR) is 144 cm³/mol. The third-order valence-corrected chi connectivity index (χ3v) is 6.98. The lowest BCUT2D eigenvalue weighted by Gasteiger charge is -2.33. The number of aliphatic hydroxyl groups is 1. The van der Waals surface area contributed by atoms with Gasteiger partial charge in [0, 0.05) is 24.8 Å². The molecule has 0 aromatic carbocycles. The summed E-state index contributed by atoms with van der Waals surface area (Å²) in [7, 11) is 0. The Labute approximate surface area is 235 Å². The number of likely N-dealkylation sites (tertiary alicyclic amines) is 1. The summed E-state index contributed by atoms with van der Waals surface area (Å²) in [4.78, 5) is 18.1. The minimum Gasteiger partial charge on any atom is -0.488 e. The molecule has 0 bridgehead atoms. The van der Waals surface area contributed by atoms with Crippen LogP contribution in [0.5, 0.6) is 5.75 Å². The molecule has 1 saturated heterocycles. The van der Waals surface area contributed by atoms with E-state index in [1.165, 1.54) is 23.6 Å². The van der Waals surface area contributed by atoms with Gasteiger partial charge in [0.05, 0.1) is 29.8 Å². The van der Waals surface area contributed by atoms with E-state index in [4.69, 9.17) is 9.47 Å². The van der Waals surface area contributed by atoms with Crippen LogP contribution in [0, 0.1) is 18.6 Å². The lowest BCUT2D eigenvalue weighted by molar-refractivity contribution is 0.00413. The third kappa shape index (κ3) is 5.99. The zero-order valence-corrected chi connectivity index (χ0v) is 23.6. The van der Waals surface area contributed by atoms with Crippen molar-refractivity contribution in [2.24, 2.45) is 0 Å². The van der Waals surface area contributed by atoms with E-state index in [9.17, 15) is 18.7 Å². The maximum absolute atomic E-state index is 14.7. The number of halogens is 2. The lowest BCUT2D eigenvalue weighted by atomic mass is 10.0. The smallest absolute Gasteiger partial charge is 0.410 e. The average molecular weight is 570 g/mol. The molecule has 5 rings (SSSR count). The van der Waals surface area contributed by atoms with E-state index < -0.39 is 22.8 Å². The lowest BCUT2D eigenvalue weighted by Crippen LogP contribution is -2.42. The zero-order chi connectivity index (χ0) is 29.5. The minimum absolute atomic E-state index is 0.0369. The number of ether oxygens (including phenoxy) is 2. The van der Waals surface area contributed by atoms with E-state index in [1.807, 2.05) is 32.4 Å². The molecule has 218 valence electrons. The van der Waals surface area contributed by atoms with E-state index in [0.29, 0.717) is 37.2 Å². The summed E-state index contributed by atoms with van der Waals surface area (Å²) < 4.78 is 42.6. The van der Waals surface area contributed by atoms with E-state index in [1.54, 1.807) is 17.2 Å². The van der Waals surface area contributed by atoms with Crippen LogP contribution in [-0.2, 0) is 10.3 Å². The summed E-state index contributed by atoms with van der Waals surface area (Å²) in [5.74, 6) is -0.985. The molecule has 1 N–H and O–H groups in total. The van der Waals surface area contributed by atoms with Gasteiger partial charge in [0.25, 0.3) is 0 Å². The Morgan fingerprint density at radius 2 is 1.88 bits per heavy atom.